The van der Waals surface area contributed by atoms with Crippen molar-refractivity contribution in [2.24, 2.45) is 5.41 Å². The molecule has 6 aromatic carbocycles. The second-order valence-corrected chi connectivity index (χ2v) is 19.9. The smallest absolute Gasteiger partial charge is 0.128 e. The fourth-order valence-electron chi connectivity index (χ4n) is 9.01. The number of rotatable bonds is 4. The monoisotopic (exact) mass is 1010 g/mol. The van der Waals surface area contributed by atoms with Gasteiger partial charge in [-0.1, -0.05) is 171 Å². The molecule has 0 saturated carbocycles. The Hall–Kier alpha value is -5.41. The maximum absolute atomic E-state index is 8.98. The topological polar surface area (TPSA) is 38.9 Å². The largest absolute Gasteiger partial charge is 0.500 e. The molecular weight excluding hydrogens is 945 g/mol. The van der Waals surface area contributed by atoms with Crippen molar-refractivity contribution in [1.82, 2.24) is 9.97 Å². The number of nitrogens with zero attached hydrogens (tertiary/aromatic N) is 2. The van der Waals surface area contributed by atoms with E-state index in [9.17, 15) is 0 Å². The second kappa shape index (κ2) is 16.0. The van der Waals surface area contributed by atoms with E-state index in [1.807, 2.05) is 54.6 Å². The summed E-state index contributed by atoms with van der Waals surface area (Å²) >= 11 is 0. The van der Waals surface area contributed by atoms with E-state index in [1.54, 1.807) is 39.1 Å². The summed E-state index contributed by atoms with van der Waals surface area (Å²) in [5.41, 5.74) is 8.55. The molecule has 0 fully saturated rings. The summed E-state index contributed by atoms with van der Waals surface area (Å²) in [6.45, 7) is 16.4. The van der Waals surface area contributed by atoms with Gasteiger partial charge in [0.05, 0.1) is 5.58 Å². The SMILES string of the molecule is [2H]C([2H])([2H])c1c[c-]c(-c2cc(C(C)(C)C)ccn2)cc1-c1ccccc1.[2H]C([2H])([2H])c1cnc(-c2[c-]ccc3c2oc2c3cc3c4c2ccc2cccc(c24)C(C)(C)C3(C)C)cc1C([2H])([2H])C(C)(C)C.[Ir]. The third-order valence-electron chi connectivity index (χ3n) is 13.1. The van der Waals surface area contributed by atoms with E-state index in [-0.39, 0.29) is 47.5 Å². The van der Waals surface area contributed by atoms with Gasteiger partial charge < -0.3 is 14.4 Å². The normalized spacial score (nSPS) is 16.7. The summed E-state index contributed by atoms with van der Waals surface area (Å²) in [5.74, 6) is 0. The third kappa shape index (κ3) is 7.74. The molecule has 3 nitrogen and oxygen atoms in total. The van der Waals surface area contributed by atoms with Gasteiger partial charge in [0, 0.05) is 54.2 Å². The van der Waals surface area contributed by atoms with E-state index in [4.69, 9.17) is 15.4 Å². The van der Waals surface area contributed by atoms with Crippen LogP contribution in [0.4, 0.5) is 0 Å². The minimum absolute atomic E-state index is 0. The van der Waals surface area contributed by atoms with Gasteiger partial charge in [-0.05, 0) is 102 Å². The van der Waals surface area contributed by atoms with Crippen LogP contribution in [-0.4, -0.2) is 9.97 Å². The van der Waals surface area contributed by atoms with Crippen molar-refractivity contribution in [3.05, 3.63) is 167 Å². The van der Waals surface area contributed by atoms with Crippen molar-refractivity contribution in [2.75, 3.05) is 0 Å². The Morgan fingerprint density at radius 2 is 1.44 bits per heavy atom. The van der Waals surface area contributed by atoms with E-state index >= 15 is 0 Å². The first-order valence-corrected chi connectivity index (χ1v) is 21.4. The fraction of sp³-hybridized carbons (Fsp3) is 0.288. The number of furan rings is 1. The number of fused-ring (bicyclic) bond motifs is 4. The molecule has 10 rings (SSSR count). The molecule has 0 bridgehead atoms. The van der Waals surface area contributed by atoms with Gasteiger partial charge >= 0.3 is 0 Å². The summed E-state index contributed by atoms with van der Waals surface area (Å²) < 4.78 is 72.6. The van der Waals surface area contributed by atoms with Crippen LogP contribution in [0.15, 0.2) is 126 Å². The quantitative estimate of drug-likeness (QED) is 0.130. The number of pyridine rings is 2. The zero-order valence-corrected chi connectivity index (χ0v) is 40.1. The Morgan fingerprint density at radius 1 is 0.683 bits per heavy atom. The van der Waals surface area contributed by atoms with Crippen LogP contribution in [0, 0.1) is 31.3 Å². The molecule has 0 aliphatic heterocycles. The van der Waals surface area contributed by atoms with Gasteiger partial charge in [-0.15, -0.1) is 47.5 Å². The summed E-state index contributed by atoms with van der Waals surface area (Å²) in [6, 6.07) is 42.2. The molecule has 0 atom stereocenters. The van der Waals surface area contributed by atoms with Crippen LogP contribution in [0.5, 0.6) is 0 Å². The predicted octanol–water partition coefficient (Wildman–Crippen LogP) is 16.0. The predicted molar refractivity (Wildman–Crippen MR) is 262 cm³/mol. The maximum atomic E-state index is 8.98. The Bertz CT molecular complexity index is 3520. The van der Waals surface area contributed by atoms with Gasteiger partial charge in [0.1, 0.15) is 5.58 Å². The van der Waals surface area contributed by atoms with E-state index in [0.717, 1.165) is 38.6 Å². The third-order valence-corrected chi connectivity index (χ3v) is 13.1. The van der Waals surface area contributed by atoms with Crippen molar-refractivity contribution in [3.63, 3.8) is 0 Å². The molecule has 1 aliphatic rings. The number of aryl methyl sites for hydroxylation is 2. The standard InChI is InChI=1S/C37H36NO.C22H22N.Ir/c1-21-20-38-30(17-23(21)19-35(2,3)4)25-13-10-12-24-27-18-29-32-26(34(27)39-33(24)25)16-15-22-11-9-14-28(31(22)32)36(5,6)37(29,7)8;1-16-10-11-18(14-20(16)17-8-6-5-7-9-17)21-15-19(12-13-23-21)22(2,3)4;/h9-12,14-18,20H,19H2,1-8H3;5-10,12-15H,1-4H3;/q2*-1;/i1D3,19D2;1D3;. The minimum Gasteiger partial charge on any atom is -0.500 e. The Balaban J connectivity index is 0.000000214. The first kappa shape index (κ1) is 35.0. The van der Waals surface area contributed by atoms with Gasteiger partial charge in [-0.2, -0.15) is 0 Å². The van der Waals surface area contributed by atoms with E-state index in [2.05, 4.69) is 113 Å². The Kier molecular flexibility index (Phi) is 8.88. The fourth-order valence-corrected chi connectivity index (χ4v) is 9.01. The van der Waals surface area contributed by atoms with Crippen molar-refractivity contribution in [3.8, 4) is 33.6 Å². The molecule has 1 aliphatic carbocycles. The van der Waals surface area contributed by atoms with Crippen LogP contribution in [0.25, 0.3) is 77.1 Å². The van der Waals surface area contributed by atoms with Gasteiger partial charge in [0.2, 0.25) is 0 Å². The first-order valence-electron chi connectivity index (χ1n) is 25.4. The van der Waals surface area contributed by atoms with Gasteiger partial charge in [0.25, 0.3) is 0 Å². The van der Waals surface area contributed by atoms with Gasteiger partial charge in [-0.25, -0.2) is 0 Å². The molecule has 0 saturated heterocycles. The molecule has 4 heteroatoms. The number of hydrogen-bond donors (Lipinski definition) is 0. The Morgan fingerprint density at radius 3 is 2.17 bits per heavy atom. The van der Waals surface area contributed by atoms with Gasteiger partial charge in [0.15, 0.2) is 0 Å². The zero-order valence-electron chi connectivity index (χ0n) is 45.7. The molecule has 3 aromatic heterocycles. The Labute approximate surface area is 399 Å². The number of hydrogen-bond acceptors (Lipinski definition) is 3. The molecule has 63 heavy (non-hydrogen) atoms. The van der Waals surface area contributed by atoms with Crippen molar-refractivity contribution >= 4 is 43.5 Å². The summed E-state index contributed by atoms with van der Waals surface area (Å²) in [7, 11) is 0. The van der Waals surface area contributed by atoms with Crippen LogP contribution < -0.4 is 0 Å². The van der Waals surface area contributed by atoms with Gasteiger partial charge in [-0.3, -0.25) is 0 Å². The average molecular weight is 1010 g/mol. The van der Waals surface area contributed by atoms with E-state index in [1.165, 1.54) is 39.0 Å². The first-order chi connectivity index (χ1) is 32.5. The summed E-state index contributed by atoms with van der Waals surface area (Å²) in [5, 5.41) is 6.68. The molecule has 0 N–H and O–H groups in total. The number of benzene rings is 6. The van der Waals surface area contributed by atoms with Crippen molar-refractivity contribution < 1.29 is 35.5 Å². The average Bonchev–Trinajstić information content (AvgIpc) is 3.68. The molecule has 0 spiro atoms. The van der Waals surface area contributed by atoms with Crippen molar-refractivity contribution in [2.45, 2.75) is 106 Å². The van der Waals surface area contributed by atoms with Crippen LogP contribution in [-0.2, 0) is 42.7 Å². The maximum Gasteiger partial charge on any atom is 0.128 e. The zero-order chi connectivity index (χ0) is 50.7. The summed E-state index contributed by atoms with van der Waals surface area (Å²) in [6.07, 6.45) is 1.15. The van der Waals surface area contributed by atoms with Crippen LogP contribution in [0.1, 0.15) is 114 Å². The molecule has 321 valence electrons. The van der Waals surface area contributed by atoms with Crippen LogP contribution in [0.2, 0.25) is 0 Å². The number of aromatic nitrogens is 2. The van der Waals surface area contributed by atoms with E-state index < -0.39 is 25.5 Å². The van der Waals surface area contributed by atoms with E-state index in [0.29, 0.717) is 28.0 Å². The van der Waals surface area contributed by atoms with Crippen LogP contribution >= 0.6 is 0 Å². The van der Waals surface area contributed by atoms with Crippen LogP contribution in [0.3, 0.4) is 0 Å². The minimum atomic E-state index is -2.52. The second-order valence-electron chi connectivity index (χ2n) is 19.9. The van der Waals surface area contributed by atoms with Crippen molar-refractivity contribution in [1.29, 1.82) is 0 Å². The molecule has 3 heterocycles. The summed E-state index contributed by atoms with van der Waals surface area (Å²) in [4.78, 5) is 9.04. The molecule has 0 unspecified atom stereocenters. The molecule has 1 radical (unpaired) electrons. The molecule has 9 aromatic rings. The molecule has 0 amide bonds. The molecular formula is C59H58IrN2O-2.